The molecule has 0 bridgehead atoms. The number of hydrogen-bond donors (Lipinski definition) is 0. The molecule has 1 saturated heterocycles. The van der Waals surface area contributed by atoms with Gasteiger partial charge in [-0.2, -0.15) is 0 Å². The number of halogens is 2. The molecule has 2 aliphatic rings. The fraction of sp³-hybridized carbons (Fsp3) is 0.394. The van der Waals surface area contributed by atoms with Crippen molar-refractivity contribution in [2.45, 2.75) is 43.7 Å². The van der Waals surface area contributed by atoms with E-state index < -0.39 is 5.41 Å². The van der Waals surface area contributed by atoms with Crippen LogP contribution >= 0.6 is 23.2 Å². The first-order valence-corrected chi connectivity index (χ1v) is 14.7. The second kappa shape index (κ2) is 11.6. The monoisotopic (exact) mass is 577 g/mol. The third kappa shape index (κ3) is 5.39. The maximum Gasteiger partial charge on any atom is 0.233 e. The predicted molar refractivity (Wildman–Crippen MR) is 161 cm³/mol. The van der Waals surface area contributed by atoms with Crippen LogP contribution in [0.25, 0.3) is 0 Å². The Morgan fingerprint density at radius 1 is 0.875 bits per heavy atom. The van der Waals surface area contributed by atoms with Gasteiger partial charge in [0.25, 0.3) is 0 Å². The molecule has 0 spiro atoms. The Hall–Kier alpha value is -2.86. The van der Waals surface area contributed by atoms with Gasteiger partial charge in [-0.25, -0.2) is 0 Å². The molecule has 5 rings (SSSR count). The number of likely N-dealkylation sites (N-methyl/N-ethyl adjacent to an activating group) is 1. The number of nitrogens with zero attached hydrogens (tertiary/aromatic N) is 3. The average Bonchev–Trinajstić information content (AvgIpc) is 3.69. The molecule has 3 aromatic rings. The van der Waals surface area contributed by atoms with Gasteiger partial charge in [0.05, 0.1) is 11.0 Å². The molecule has 1 aliphatic carbocycles. The van der Waals surface area contributed by atoms with E-state index in [0.717, 1.165) is 50.0 Å². The Balaban J connectivity index is 1.34. The van der Waals surface area contributed by atoms with Crippen LogP contribution in [0.15, 0.2) is 78.9 Å². The SMILES string of the molecule is CC(=O)N(C)C1(c2ccccc2)CCN(C[C@@H]2C[C@@]2(C(=O)N(C)Cc2ccccc2Cl)c2ccc(Cl)cc2)CC1. The van der Waals surface area contributed by atoms with Crippen molar-refractivity contribution in [2.75, 3.05) is 33.7 Å². The highest BCUT2D eigenvalue weighted by atomic mass is 35.5. The fourth-order valence-electron chi connectivity index (χ4n) is 6.62. The van der Waals surface area contributed by atoms with E-state index in [1.54, 1.807) is 6.92 Å². The molecule has 0 unspecified atom stereocenters. The molecule has 5 nitrogen and oxygen atoms in total. The third-order valence-electron chi connectivity index (χ3n) is 9.15. The Kier molecular flexibility index (Phi) is 8.28. The van der Waals surface area contributed by atoms with Crippen LogP contribution in [0.1, 0.15) is 42.9 Å². The molecule has 3 aromatic carbocycles. The van der Waals surface area contributed by atoms with E-state index in [1.807, 2.05) is 90.6 Å². The lowest BCUT2D eigenvalue weighted by atomic mass is 9.79. The molecule has 1 aliphatic heterocycles. The maximum atomic E-state index is 14.1. The van der Waals surface area contributed by atoms with Gasteiger partial charge in [0, 0.05) is 57.2 Å². The van der Waals surface area contributed by atoms with E-state index >= 15 is 0 Å². The molecule has 1 saturated carbocycles. The number of carbonyl (C=O) groups is 2. The lowest BCUT2D eigenvalue weighted by Gasteiger charge is -2.48. The van der Waals surface area contributed by atoms with Gasteiger partial charge in [-0.3, -0.25) is 9.59 Å². The van der Waals surface area contributed by atoms with Crippen LogP contribution in [-0.2, 0) is 27.1 Å². The lowest BCUT2D eigenvalue weighted by molar-refractivity contribution is -0.136. The van der Waals surface area contributed by atoms with Gasteiger partial charge in [0.2, 0.25) is 11.8 Å². The molecular formula is C33H37Cl2N3O2. The Bertz CT molecular complexity index is 1360. The first kappa shape index (κ1) is 28.7. The molecule has 0 radical (unpaired) electrons. The summed E-state index contributed by atoms with van der Waals surface area (Å²) in [5.41, 5.74) is 2.25. The summed E-state index contributed by atoms with van der Waals surface area (Å²) in [5, 5.41) is 1.33. The van der Waals surface area contributed by atoms with Crippen molar-refractivity contribution < 1.29 is 9.59 Å². The first-order chi connectivity index (χ1) is 19.2. The highest BCUT2D eigenvalue weighted by Gasteiger charge is 2.62. The van der Waals surface area contributed by atoms with Crippen LogP contribution in [0.2, 0.25) is 10.0 Å². The molecule has 1 heterocycles. The van der Waals surface area contributed by atoms with Crippen molar-refractivity contribution in [3.05, 3.63) is 106 Å². The number of likely N-dealkylation sites (tertiary alicyclic amines) is 1. The molecule has 40 heavy (non-hydrogen) atoms. The van der Waals surface area contributed by atoms with Crippen LogP contribution in [-0.4, -0.2) is 60.2 Å². The highest BCUT2D eigenvalue weighted by molar-refractivity contribution is 6.31. The van der Waals surface area contributed by atoms with Crippen molar-refractivity contribution in [2.24, 2.45) is 5.92 Å². The number of hydrogen-bond acceptors (Lipinski definition) is 3. The Morgan fingerprint density at radius 2 is 1.50 bits per heavy atom. The summed E-state index contributed by atoms with van der Waals surface area (Å²) < 4.78 is 0. The van der Waals surface area contributed by atoms with E-state index in [4.69, 9.17) is 23.2 Å². The van der Waals surface area contributed by atoms with E-state index in [2.05, 4.69) is 17.0 Å². The number of carbonyl (C=O) groups excluding carboxylic acids is 2. The minimum absolute atomic E-state index is 0.0772. The Labute approximate surface area is 247 Å². The largest absolute Gasteiger partial charge is 0.341 e. The minimum atomic E-state index is -0.579. The van der Waals surface area contributed by atoms with Crippen molar-refractivity contribution >= 4 is 35.0 Å². The normalized spacial score (nSPS) is 22.0. The van der Waals surface area contributed by atoms with E-state index in [-0.39, 0.29) is 23.3 Å². The predicted octanol–water partition coefficient (Wildman–Crippen LogP) is 6.38. The molecule has 2 atom stereocenters. The summed E-state index contributed by atoms with van der Waals surface area (Å²) in [6, 6.07) is 25.8. The molecule has 7 heteroatoms. The fourth-order valence-corrected chi connectivity index (χ4v) is 6.94. The minimum Gasteiger partial charge on any atom is -0.341 e. The molecule has 2 fully saturated rings. The van der Waals surface area contributed by atoms with Crippen molar-refractivity contribution in [1.29, 1.82) is 0 Å². The molecule has 0 N–H and O–H groups in total. The summed E-state index contributed by atoms with van der Waals surface area (Å²) in [6.07, 6.45) is 2.51. The molecule has 210 valence electrons. The van der Waals surface area contributed by atoms with Gasteiger partial charge >= 0.3 is 0 Å². The molecule has 0 aromatic heterocycles. The topological polar surface area (TPSA) is 43.9 Å². The summed E-state index contributed by atoms with van der Waals surface area (Å²) in [4.78, 5) is 32.8. The standard InChI is InChI=1S/C33H37Cl2N3O2/c1-24(39)37(3)32(26-10-5-4-6-11-26)17-19-38(20-18-32)23-28-21-33(28,27-13-15-29(34)16-14-27)31(40)36(2)22-25-9-7-8-12-30(25)35/h4-16,28H,17-23H2,1-3H3/t28-,33+/m0/s1. The van der Waals surface area contributed by atoms with E-state index in [9.17, 15) is 9.59 Å². The van der Waals surface area contributed by atoms with Crippen molar-refractivity contribution in [3.63, 3.8) is 0 Å². The van der Waals surface area contributed by atoms with Crippen LogP contribution in [0.3, 0.4) is 0 Å². The highest BCUT2D eigenvalue weighted by Crippen LogP contribution is 2.56. The molecule has 2 amide bonds. The van der Waals surface area contributed by atoms with Crippen LogP contribution in [0.5, 0.6) is 0 Å². The van der Waals surface area contributed by atoms with Crippen LogP contribution < -0.4 is 0 Å². The summed E-state index contributed by atoms with van der Waals surface area (Å²) in [7, 11) is 3.79. The zero-order chi connectivity index (χ0) is 28.5. The Morgan fingerprint density at radius 3 is 2.12 bits per heavy atom. The number of amides is 2. The third-order valence-corrected chi connectivity index (χ3v) is 9.77. The quantitative estimate of drug-likeness (QED) is 0.312. The van der Waals surface area contributed by atoms with Gasteiger partial charge in [-0.1, -0.05) is 83.9 Å². The first-order valence-electron chi connectivity index (χ1n) is 13.9. The van der Waals surface area contributed by atoms with Crippen molar-refractivity contribution in [1.82, 2.24) is 14.7 Å². The second-order valence-electron chi connectivity index (χ2n) is 11.4. The van der Waals surface area contributed by atoms with Gasteiger partial charge in [0.15, 0.2) is 0 Å². The van der Waals surface area contributed by atoms with Gasteiger partial charge in [-0.15, -0.1) is 0 Å². The zero-order valence-corrected chi connectivity index (χ0v) is 25.0. The van der Waals surface area contributed by atoms with Gasteiger partial charge < -0.3 is 14.7 Å². The second-order valence-corrected chi connectivity index (χ2v) is 12.3. The van der Waals surface area contributed by atoms with E-state index in [0.29, 0.717) is 16.6 Å². The summed E-state index contributed by atoms with van der Waals surface area (Å²) >= 11 is 12.6. The lowest BCUT2D eigenvalue weighted by Crippen LogP contribution is -2.53. The maximum absolute atomic E-state index is 14.1. The van der Waals surface area contributed by atoms with Gasteiger partial charge in [-0.05, 0) is 60.1 Å². The summed E-state index contributed by atoms with van der Waals surface area (Å²) in [5.74, 6) is 0.393. The summed E-state index contributed by atoms with van der Waals surface area (Å²) in [6.45, 7) is 4.67. The molecular weight excluding hydrogens is 541 g/mol. The zero-order valence-electron chi connectivity index (χ0n) is 23.4. The smallest absolute Gasteiger partial charge is 0.233 e. The number of piperidine rings is 1. The van der Waals surface area contributed by atoms with E-state index in [1.165, 1.54) is 5.56 Å². The van der Waals surface area contributed by atoms with Crippen molar-refractivity contribution in [3.8, 4) is 0 Å². The average molecular weight is 579 g/mol. The number of benzene rings is 3. The van der Waals surface area contributed by atoms with Crippen LogP contribution in [0, 0.1) is 5.92 Å². The number of rotatable bonds is 8. The van der Waals surface area contributed by atoms with Gasteiger partial charge in [0.1, 0.15) is 0 Å². The van der Waals surface area contributed by atoms with Crippen LogP contribution in [0.4, 0.5) is 0 Å².